The third kappa shape index (κ3) is 13.2. The van der Waals surface area contributed by atoms with Gasteiger partial charge in [0.2, 0.25) is 0 Å². The molecule has 0 bridgehead atoms. The van der Waals surface area contributed by atoms with Gasteiger partial charge in [-0.05, 0) is 173 Å². The molecule has 11 heteroatoms. The highest BCUT2D eigenvalue weighted by molar-refractivity contribution is 5.94. The Labute approximate surface area is 346 Å². The van der Waals surface area contributed by atoms with Crippen LogP contribution in [-0.4, -0.2) is 37.7 Å². The minimum Gasteiger partial charge on any atom is -0.399 e. The number of nitrogens with zero attached hydrogens (tertiary/aromatic N) is 8. The average molecular weight is 784 g/mol. The third-order valence-corrected chi connectivity index (χ3v) is 9.68. The predicted molar refractivity (Wildman–Crippen MR) is 238 cm³/mol. The Hall–Kier alpha value is -7.14. The summed E-state index contributed by atoms with van der Waals surface area (Å²) in [5.74, 6) is 0.0720. The second kappa shape index (κ2) is 21.4. The van der Waals surface area contributed by atoms with E-state index in [9.17, 15) is 9.59 Å². The van der Waals surface area contributed by atoms with Crippen LogP contribution in [0.4, 0.5) is 51.2 Å². The molecule has 0 radical (unpaired) electrons. The third-order valence-electron chi connectivity index (χ3n) is 9.68. The van der Waals surface area contributed by atoms with E-state index in [1.165, 1.54) is 57.1 Å². The van der Waals surface area contributed by atoms with Crippen molar-refractivity contribution in [3.05, 3.63) is 163 Å². The highest BCUT2D eigenvalue weighted by Gasteiger charge is 2.12. The number of carbonyl (C=O) groups is 2. The zero-order valence-corrected chi connectivity index (χ0v) is 33.6. The molecule has 6 aromatic rings. The fourth-order valence-electron chi connectivity index (χ4n) is 6.32. The maximum Gasteiger partial charge on any atom is 0.159 e. The van der Waals surface area contributed by atoms with Crippen LogP contribution < -0.4 is 15.5 Å². The molecule has 2 N–H and O–H groups in total. The van der Waals surface area contributed by atoms with E-state index in [0.717, 1.165) is 35.8 Å². The normalized spacial score (nSPS) is 13.7. The van der Waals surface area contributed by atoms with Crippen LogP contribution in [0, 0.1) is 0 Å². The number of ketones is 2. The minimum atomic E-state index is 0.0331. The molecule has 2 fully saturated rings. The number of anilines is 3. The summed E-state index contributed by atoms with van der Waals surface area (Å²) in [4.78, 5) is 27.2. The first kappa shape index (κ1) is 41.5. The molecule has 2 heterocycles. The summed E-state index contributed by atoms with van der Waals surface area (Å²) in [6.45, 7) is 7.82. The molecule has 0 atom stereocenters. The van der Waals surface area contributed by atoms with Crippen LogP contribution in [0.1, 0.15) is 60.2 Å². The maximum atomic E-state index is 11.3. The van der Waals surface area contributed by atoms with Crippen LogP contribution in [-0.2, 0) is 0 Å². The van der Waals surface area contributed by atoms with Gasteiger partial charge in [-0.3, -0.25) is 9.59 Å². The summed E-state index contributed by atoms with van der Waals surface area (Å²) in [5, 5.41) is 25.2. The number of Topliss-reactive ketones (excluding diaryl/α,β-unsaturated/α-hetero) is 2. The van der Waals surface area contributed by atoms with Gasteiger partial charge in [0, 0.05) is 54.4 Å². The van der Waals surface area contributed by atoms with Gasteiger partial charge in [-0.2, -0.15) is 30.7 Å². The van der Waals surface area contributed by atoms with E-state index in [-0.39, 0.29) is 11.6 Å². The number of nitrogens with two attached hydrogens (primary N) is 1. The van der Waals surface area contributed by atoms with Crippen LogP contribution in [0.25, 0.3) is 0 Å². The molecule has 59 heavy (non-hydrogen) atoms. The maximum absolute atomic E-state index is 11.3. The number of azo groups is 3. The Balaban J connectivity index is 0.000000169. The van der Waals surface area contributed by atoms with Crippen LogP contribution in [0.5, 0.6) is 0 Å². The van der Waals surface area contributed by atoms with Crippen molar-refractivity contribution >= 4 is 62.8 Å². The molecule has 2 aliphatic rings. The highest BCUT2D eigenvalue weighted by Crippen LogP contribution is 2.27. The Morgan fingerprint density at radius 3 is 0.983 bits per heavy atom. The lowest BCUT2D eigenvalue weighted by atomic mass is 10.1. The first-order chi connectivity index (χ1) is 28.8. The van der Waals surface area contributed by atoms with E-state index in [1.807, 2.05) is 36.4 Å². The Bertz CT molecular complexity index is 2310. The molecule has 2 aliphatic heterocycles. The van der Waals surface area contributed by atoms with Gasteiger partial charge in [-0.15, -0.1) is 0 Å². The second-order valence-corrected chi connectivity index (χ2v) is 14.2. The summed E-state index contributed by atoms with van der Waals surface area (Å²) in [7, 11) is 0. The van der Waals surface area contributed by atoms with Gasteiger partial charge in [0.1, 0.15) is 0 Å². The van der Waals surface area contributed by atoms with Gasteiger partial charge in [-0.25, -0.2) is 0 Å². The number of hydrogen-bond donors (Lipinski definition) is 1. The molecular formula is C48H49N9O2. The second-order valence-electron chi connectivity index (χ2n) is 14.2. The van der Waals surface area contributed by atoms with Gasteiger partial charge in [0.25, 0.3) is 0 Å². The molecule has 298 valence electrons. The molecular weight excluding hydrogens is 735 g/mol. The molecule has 6 aromatic carbocycles. The van der Waals surface area contributed by atoms with Crippen LogP contribution >= 0.6 is 0 Å². The number of para-hydroxylation sites is 1. The number of rotatable bonds is 10. The number of benzene rings is 6. The molecule has 8 rings (SSSR count). The Morgan fingerprint density at radius 1 is 0.390 bits per heavy atom. The van der Waals surface area contributed by atoms with E-state index < -0.39 is 0 Å². The van der Waals surface area contributed by atoms with E-state index >= 15 is 0 Å². The van der Waals surface area contributed by atoms with Gasteiger partial charge in [0.15, 0.2) is 11.6 Å². The van der Waals surface area contributed by atoms with Gasteiger partial charge < -0.3 is 15.5 Å². The summed E-state index contributed by atoms with van der Waals surface area (Å²) < 4.78 is 0. The smallest absolute Gasteiger partial charge is 0.159 e. The zero-order chi connectivity index (χ0) is 41.2. The molecule has 2 saturated heterocycles. The lowest BCUT2D eigenvalue weighted by Gasteiger charge is -2.17. The number of carbonyl (C=O) groups excluding carboxylic acids is 2. The molecule has 0 aromatic heterocycles. The van der Waals surface area contributed by atoms with Gasteiger partial charge >= 0.3 is 0 Å². The standard InChI is InChI=1S/C24H23N5O.C14H13N3O.C10H13N/c1-18(30)19-4-6-20(7-5-19)25-26-21-8-10-22(11-9-21)27-28-23-12-14-24(15-13-23)29-16-2-3-17-29;1-10(18)11-2-6-13(7-3-11)16-17-14-8-4-12(15)5-9-14;1-2-6-10(7-3-1)11-8-4-5-9-11/h4-15H,2-3,16-17H2,1H3;2-9H,15H2,1H3;1-3,6-7H,4-5,8-9H2. The highest BCUT2D eigenvalue weighted by atomic mass is 16.1. The van der Waals surface area contributed by atoms with Crippen LogP contribution in [0.3, 0.4) is 0 Å². The molecule has 0 saturated carbocycles. The van der Waals surface area contributed by atoms with Crippen molar-refractivity contribution in [3.8, 4) is 0 Å². The van der Waals surface area contributed by atoms with Crippen molar-refractivity contribution < 1.29 is 9.59 Å². The van der Waals surface area contributed by atoms with Crippen molar-refractivity contribution in [2.45, 2.75) is 39.5 Å². The first-order valence-electron chi connectivity index (χ1n) is 19.9. The summed E-state index contributed by atoms with van der Waals surface area (Å²) >= 11 is 0. The number of nitrogen functional groups attached to an aromatic ring is 1. The monoisotopic (exact) mass is 783 g/mol. The van der Waals surface area contributed by atoms with E-state index in [1.54, 1.807) is 79.7 Å². The topological polar surface area (TPSA) is 141 Å². The predicted octanol–water partition coefficient (Wildman–Crippen LogP) is 13.5. The minimum absolute atomic E-state index is 0.0331. The summed E-state index contributed by atoms with van der Waals surface area (Å²) in [5.41, 5.74) is 14.7. The lowest BCUT2D eigenvalue weighted by Crippen LogP contribution is -2.17. The zero-order valence-electron chi connectivity index (χ0n) is 33.6. The lowest BCUT2D eigenvalue weighted by molar-refractivity contribution is 0.100. The van der Waals surface area contributed by atoms with E-state index in [2.05, 4.69) is 82.9 Å². The fraction of sp³-hybridized carbons (Fsp3) is 0.208. The number of hydrogen-bond acceptors (Lipinski definition) is 11. The fourth-order valence-corrected chi connectivity index (χ4v) is 6.32. The molecule has 0 spiro atoms. The van der Waals surface area contributed by atoms with Gasteiger partial charge in [0.05, 0.1) is 34.1 Å². The summed E-state index contributed by atoms with van der Waals surface area (Å²) in [6, 6.07) is 47.4. The first-order valence-corrected chi connectivity index (χ1v) is 19.9. The van der Waals surface area contributed by atoms with Crippen LogP contribution in [0.15, 0.2) is 182 Å². The Kier molecular flexibility index (Phi) is 15.1. The quantitative estimate of drug-likeness (QED) is 0.0836. The molecule has 0 aliphatic carbocycles. The largest absolute Gasteiger partial charge is 0.399 e. The van der Waals surface area contributed by atoms with Crippen molar-refractivity contribution in [2.24, 2.45) is 30.7 Å². The Morgan fingerprint density at radius 2 is 0.661 bits per heavy atom. The van der Waals surface area contributed by atoms with E-state index in [4.69, 9.17) is 5.73 Å². The van der Waals surface area contributed by atoms with Crippen molar-refractivity contribution in [1.82, 2.24) is 0 Å². The van der Waals surface area contributed by atoms with E-state index in [0.29, 0.717) is 28.2 Å². The van der Waals surface area contributed by atoms with Crippen molar-refractivity contribution in [1.29, 1.82) is 0 Å². The van der Waals surface area contributed by atoms with Crippen LogP contribution in [0.2, 0.25) is 0 Å². The molecule has 11 nitrogen and oxygen atoms in total. The van der Waals surface area contributed by atoms with Crippen molar-refractivity contribution in [2.75, 3.05) is 41.7 Å². The molecule has 0 amide bonds. The van der Waals surface area contributed by atoms with Crippen molar-refractivity contribution in [3.63, 3.8) is 0 Å². The average Bonchev–Trinajstić information content (AvgIpc) is 4.03. The SMILES string of the molecule is CC(=O)c1ccc(N=Nc2ccc(N)cc2)cc1.CC(=O)c1ccc(N=Nc2ccc(N=Nc3ccc(N4CCCC4)cc3)cc2)cc1.c1ccc(N2CCCC2)cc1. The molecule has 0 unspecified atom stereocenters. The summed E-state index contributed by atoms with van der Waals surface area (Å²) in [6.07, 6.45) is 5.25. The van der Waals surface area contributed by atoms with Gasteiger partial charge in [-0.1, -0.05) is 18.2 Å².